The number of allylic oxidation sites excluding steroid dienone is 1. The summed E-state index contributed by atoms with van der Waals surface area (Å²) >= 11 is 6.90. The molecule has 0 aliphatic carbocycles. The van der Waals surface area contributed by atoms with Crippen LogP contribution in [0.2, 0.25) is 0 Å². The lowest BCUT2D eigenvalue weighted by molar-refractivity contribution is -0.139. The molecule has 2 aromatic carbocycles. The van der Waals surface area contributed by atoms with Crippen LogP contribution in [0, 0.1) is 0 Å². The third kappa shape index (κ3) is 5.65. The van der Waals surface area contributed by atoms with Gasteiger partial charge < -0.3 is 20.3 Å². The van der Waals surface area contributed by atoms with Crippen molar-refractivity contribution in [3.05, 3.63) is 71.4 Å². The summed E-state index contributed by atoms with van der Waals surface area (Å²) < 4.78 is 5.28. The molecule has 0 fully saturated rings. The molecule has 0 radical (unpaired) electrons. The van der Waals surface area contributed by atoms with E-state index in [4.69, 9.17) is 17.0 Å². The predicted octanol–water partition coefficient (Wildman–Crippen LogP) is 4.12. The number of esters is 1. The molecule has 8 heteroatoms. The summed E-state index contributed by atoms with van der Waals surface area (Å²) in [5, 5.41) is 6.66. The minimum Gasteiger partial charge on any atom is -0.463 e. The number of thioether (sulfide) groups is 1. The minimum absolute atomic E-state index is 0.102. The van der Waals surface area contributed by atoms with Crippen LogP contribution in [0.1, 0.15) is 25.5 Å². The Labute approximate surface area is 192 Å². The van der Waals surface area contributed by atoms with E-state index in [-0.39, 0.29) is 18.5 Å². The van der Waals surface area contributed by atoms with Crippen molar-refractivity contribution < 1.29 is 14.3 Å². The van der Waals surface area contributed by atoms with Crippen molar-refractivity contribution in [2.75, 3.05) is 24.7 Å². The number of hydrogen-bond donors (Lipinski definition) is 2. The van der Waals surface area contributed by atoms with Gasteiger partial charge in [-0.05, 0) is 55.9 Å². The second-order valence-corrected chi connectivity index (χ2v) is 8.37. The highest BCUT2D eigenvalue weighted by atomic mass is 32.2. The third-order valence-electron chi connectivity index (χ3n) is 4.87. The van der Waals surface area contributed by atoms with Crippen molar-refractivity contribution >= 4 is 46.7 Å². The Balaban J connectivity index is 1.78. The molecule has 0 saturated carbocycles. The average molecular weight is 456 g/mol. The fourth-order valence-electron chi connectivity index (χ4n) is 3.22. The van der Waals surface area contributed by atoms with E-state index in [0.717, 1.165) is 16.2 Å². The molecule has 1 atom stereocenters. The summed E-state index contributed by atoms with van der Waals surface area (Å²) in [6, 6.07) is 16.7. The van der Waals surface area contributed by atoms with Crippen LogP contribution in [0.4, 0.5) is 5.69 Å². The number of rotatable bonds is 7. The van der Waals surface area contributed by atoms with E-state index >= 15 is 0 Å². The van der Waals surface area contributed by atoms with Crippen LogP contribution in [0.25, 0.3) is 0 Å². The van der Waals surface area contributed by atoms with Crippen molar-refractivity contribution in [2.24, 2.45) is 0 Å². The standard InChI is InChI=1S/C23H25N3O3S2/c1-4-29-22(28)20-15(2)26(3)23(30)25-21(20)16-9-8-10-17(13-16)24-19(27)14-31-18-11-6-5-7-12-18/h5-13,21H,4,14H2,1-3H3,(H,24,27)(H,25,30). The van der Waals surface area contributed by atoms with Gasteiger partial charge in [-0.3, -0.25) is 4.79 Å². The van der Waals surface area contributed by atoms with Crippen LogP contribution < -0.4 is 10.6 Å². The Kier molecular flexibility index (Phi) is 7.70. The molecule has 2 aromatic rings. The van der Waals surface area contributed by atoms with E-state index in [0.29, 0.717) is 22.1 Å². The maximum atomic E-state index is 12.7. The number of carbonyl (C=O) groups is 2. The first-order chi connectivity index (χ1) is 14.9. The summed E-state index contributed by atoms with van der Waals surface area (Å²) in [5.74, 6) is -0.187. The number of amides is 1. The van der Waals surface area contributed by atoms with E-state index < -0.39 is 6.04 Å². The lowest BCUT2D eigenvalue weighted by atomic mass is 9.95. The van der Waals surface area contributed by atoms with E-state index in [1.54, 1.807) is 18.9 Å². The molecule has 2 N–H and O–H groups in total. The Hall–Kier alpha value is -2.84. The molecule has 0 bridgehead atoms. The molecule has 0 spiro atoms. The second kappa shape index (κ2) is 10.5. The Morgan fingerprint density at radius 1 is 1.19 bits per heavy atom. The Morgan fingerprint density at radius 3 is 2.65 bits per heavy atom. The molecule has 6 nitrogen and oxygen atoms in total. The first-order valence-electron chi connectivity index (χ1n) is 9.90. The van der Waals surface area contributed by atoms with Gasteiger partial charge in [-0.15, -0.1) is 11.8 Å². The number of thiocarbonyl (C=S) groups is 1. The third-order valence-corrected chi connectivity index (χ3v) is 6.27. The fraction of sp³-hybridized carbons (Fsp3) is 0.261. The molecular weight excluding hydrogens is 430 g/mol. The first-order valence-corrected chi connectivity index (χ1v) is 11.3. The van der Waals surface area contributed by atoms with Gasteiger partial charge in [-0.1, -0.05) is 30.3 Å². The smallest absolute Gasteiger partial charge is 0.338 e. The van der Waals surface area contributed by atoms with Gasteiger partial charge in [0, 0.05) is 23.3 Å². The molecule has 31 heavy (non-hydrogen) atoms. The molecule has 1 unspecified atom stereocenters. The Bertz CT molecular complexity index is 1010. The van der Waals surface area contributed by atoms with Gasteiger partial charge >= 0.3 is 5.97 Å². The molecule has 0 saturated heterocycles. The Morgan fingerprint density at radius 2 is 1.94 bits per heavy atom. The average Bonchev–Trinajstić information content (AvgIpc) is 2.77. The number of anilines is 1. The topological polar surface area (TPSA) is 70.7 Å². The monoisotopic (exact) mass is 455 g/mol. The van der Waals surface area contributed by atoms with Gasteiger partial charge in [0.25, 0.3) is 0 Å². The van der Waals surface area contributed by atoms with Gasteiger partial charge in [-0.2, -0.15) is 0 Å². The van der Waals surface area contributed by atoms with E-state index in [1.807, 2.05) is 61.5 Å². The van der Waals surface area contributed by atoms with E-state index in [2.05, 4.69) is 10.6 Å². The van der Waals surface area contributed by atoms with E-state index in [9.17, 15) is 9.59 Å². The van der Waals surface area contributed by atoms with Crippen molar-refractivity contribution in [3.8, 4) is 0 Å². The largest absolute Gasteiger partial charge is 0.463 e. The summed E-state index contributed by atoms with van der Waals surface area (Å²) in [4.78, 5) is 27.9. The van der Waals surface area contributed by atoms with Crippen molar-refractivity contribution in [1.82, 2.24) is 10.2 Å². The zero-order valence-electron chi connectivity index (χ0n) is 17.7. The van der Waals surface area contributed by atoms with Crippen molar-refractivity contribution in [2.45, 2.75) is 24.8 Å². The molecule has 0 aromatic heterocycles. The van der Waals surface area contributed by atoms with Crippen LogP contribution >= 0.6 is 24.0 Å². The molecule has 162 valence electrons. The summed E-state index contributed by atoms with van der Waals surface area (Å²) in [6.07, 6.45) is 0. The number of carbonyl (C=O) groups excluding carboxylic acids is 2. The molecule has 1 amide bonds. The van der Waals surface area contributed by atoms with Gasteiger partial charge in [0.05, 0.1) is 24.0 Å². The maximum absolute atomic E-state index is 12.7. The summed E-state index contributed by atoms with van der Waals surface area (Å²) in [5.41, 5.74) is 2.71. The SMILES string of the molecule is CCOC(=O)C1=C(C)N(C)C(=S)NC1c1cccc(NC(=O)CSc2ccccc2)c1. The fourth-order valence-corrected chi connectivity index (χ4v) is 4.19. The highest BCUT2D eigenvalue weighted by Gasteiger charge is 2.33. The lowest BCUT2D eigenvalue weighted by Gasteiger charge is -2.35. The predicted molar refractivity (Wildman–Crippen MR) is 128 cm³/mol. The number of ether oxygens (including phenoxy) is 1. The van der Waals surface area contributed by atoms with Gasteiger partial charge in [0.1, 0.15) is 0 Å². The molecule has 1 heterocycles. The number of hydrogen-bond acceptors (Lipinski definition) is 5. The van der Waals surface area contributed by atoms with Crippen LogP contribution in [0.15, 0.2) is 70.8 Å². The summed E-state index contributed by atoms with van der Waals surface area (Å²) in [6.45, 7) is 3.90. The molecular formula is C23H25N3O3S2. The van der Waals surface area contributed by atoms with Crippen LogP contribution in [0.5, 0.6) is 0 Å². The minimum atomic E-state index is -0.460. The van der Waals surface area contributed by atoms with Gasteiger partial charge in [0.15, 0.2) is 5.11 Å². The normalized spacial score (nSPS) is 16.0. The quantitative estimate of drug-likeness (QED) is 0.370. The van der Waals surface area contributed by atoms with Gasteiger partial charge in [0.2, 0.25) is 5.91 Å². The highest BCUT2D eigenvalue weighted by Crippen LogP contribution is 2.32. The zero-order valence-corrected chi connectivity index (χ0v) is 19.3. The first kappa shape index (κ1) is 22.8. The van der Waals surface area contributed by atoms with Crippen molar-refractivity contribution in [3.63, 3.8) is 0 Å². The number of nitrogens with one attached hydrogen (secondary N) is 2. The number of benzene rings is 2. The second-order valence-electron chi connectivity index (χ2n) is 6.94. The highest BCUT2D eigenvalue weighted by molar-refractivity contribution is 8.00. The summed E-state index contributed by atoms with van der Waals surface area (Å²) in [7, 11) is 1.81. The zero-order chi connectivity index (χ0) is 22.4. The molecule has 3 rings (SSSR count). The van der Waals surface area contributed by atoms with Crippen molar-refractivity contribution in [1.29, 1.82) is 0 Å². The molecule has 1 aliphatic heterocycles. The lowest BCUT2D eigenvalue weighted by Crippen LogP contribution is -2.46. The van der Waals surface area contributed by atoms with Crippen LogP contribution in [0.3, 0.4) is 0 Å². The molecule has 1 aliphatic rings. The number of nitrogens with zero attached hydrogens (tertiary/aromatic N) is 1. The maximum Gasteiger partial charge on any atom is 0.338 e. The van der Waals surface area contributed by atoms with E-state index in [1.165, 1.54) is 11.8 Å². The van der Waals surface area contributed by atoms with Gasteiger partial charge in [-0.25, -0.2) is 4.79 Å². The van der Waals surface area contributed by atoms with Crippen LogP contribution in [-0.2, 0) is 14.3 Å². The van der Waals surface area contributed by atoms with Crippen LogP contribution in [-0.4, -0.2) is 41.3 Å².